The Morgan fingerprint density at radius 1 is 1.17 bits per heavy atom. The fraction of sp³-hybridized carbons (Fsp3) is 0.211. The van der Waals surface area contributed by atoms with Crippen LogP contribution in [0.1, 0.15) is 16.7 Å². The van der Waals surface area contributed by atoms with Gasteiger partial charge in [0.05, 0.1) is 0 Å². The van der Waals surface area contributed by atoms with Crippen LogP contribution in [0.2, 0.25) is 0 Å². The molecule has 3 rings (SSSR count). The fourth-order valence-electron chi connectivity index (χ4n) is 2.71. The third-order valence-electron chi connectivity index (χ3n) is 4.07. The van der Waals surface area contributed by atoms with Gasteiger partial charge in [0.25, 0.3) is 0 Å². The van der Waals surface area contributed by atoms with Gasteiger partial charge in [-0.2, -0.15) is 0 Å². The molecular formula is C19H21ClN2O2. The topological polar surface area (TPSA) is 65.1 Å². The number of aromatic nitrogens is 1. The largest absolute Gasteiger partial charge is 0.480 e. The third kappa shape index (κ3) is 4.16. The van der Waals surface area contributed by atoms with Crippen molar-refractivity contribution in [2.24, 2.45) is 0 Å². The summed E-state index contributed by atoms with van der Waals surface area (Å²) in [7, 11) is 0. The molecule has 0 saturated heterocycles. The molecule has 0 aliphatic heterocycles. The Morgan fingerprint density at radius 3 is 2.58 bits per heavy atom. The number of carboxylic acid groups (broad SMARTS) is 1. The van der Waals surface area contributed by atoms with Crippen molar-refractivity contribution in [1.82, 2.24) is 10.3 Å². The lowest BCUT2D eigenvalue weighted by molar-refractivity contribution is -0.139. The van der Waals surface area contributed by atoms with Crippen molar-refractivity contribution in [2.75, 3.05) is 0 Å². The summed E-state index contributed by atoms with van der Waals surface area (Å²) in [4.78, 5) is 14.8. The van der Waals surface area contributed by atoms with E-state index in [-0.39, 0.29) is 12.4 Å². The van der Waals surface area contributed by atoms with E-state index in [0.29, 0.717) is 13.0 Å². The number of hydrogen-bond donors (Lipinski definition) is 3. The zero-order chi connectivity index (χ0) is 16.2. The molecule has 4 nitrogen and oxygen atoms in total. The number of halogens is 1. The number of hydrogen-bond acceptors (Lipinski definition) is 2. The van der Waals surface area contributed by atoms with Gasteiger partial charge < -0.3 is 15.4 Å². The second kappa shape index (κ2) is 7.99. The van der Waals surface area contributed by atoms with Crippen LogP contribution in [-0.4, -0.2) is 22.1 Å². The number of carbonyl (C=O) groups is 1. The monoisotopic (exact) mass is 344 g/mol. The van der Waals surface area contributed by atoms with E-state index < -0.39 is 12.0 Å². The number of rotatable bonds is 6. The summed E-state index contributed by atoms with van der Waals surface area (Å²) in [6, 6.07) is 15.4. The smallest absolute Gasteiger partial charge is 0.321 e. The highest BCUT2D eigenvalue weighted by Crippen LogP contribution is 2.19. The number of aryl methyl sites for hydroxylation is 1. The summed E-state index contributed by atoms with van der Waals surface area (Å²) in [6.45, 7) is 2.58. The van der Waals surface area contributed by atoms with E-state index >= 15 is 0 Å². The predicted molar refractivity (Wildman–Crippen MR) is 98.7 cm³/mol. The Morgan fingerprint density at radius 2 is 1.88 bits per heavy atom. The maximum absolute atomic E-state index is 11.6. The lowest BCUT2D eigenvalue weighted by atomic mass is 10.0. The number of aromatic amines is 1. The molecule has 1 atom stereocenters. The summed E-state index contributed by atoms with van der Waals surface area (Å²) in [5.41, 5.74) is 4.33. The molecule has 1 aromatic heterocycles. The van der Waals surface area contributed by atoms with Crippen LogP contribution in [0.15, 0.2) is 54.7 Å². The van der Waals surface area contributed by atoms with E-state index in [2.05, 4.69) is 10.3 Å². The number of aliphatic carboxylic acids is 1. The minimum atomic E-state index is -0.831. The zero-order valence-corrected chi connectivity index (χ0v) is 14.3. The molecule has 5 heteroatoms. The Labute approximate surface area is 147 Å². The molecule has 3 aromatic rings. The normalized spacial score (nSPS) is 11.9. The standard InChI is InChI=1S/C19H20N2O2.ClH/c1-13-6-8-14(9-7-13)11-20-18(19(22)23)10-15-12-21-17-5-3-2-4-16(15)17;/h2-9,12,18,20-21H,10-11H2,1H3,(H,22,23);1H. The van der Waals surface area contributed by atoms with Crippen molar-refractivity contribution in [1.29, 1.82) is 0 Å². The first-order chi connectivity index (χ1) is 11.1. The van der Waals surface area contributed by atoms with Gasteiger partial charge in [0.15, 0.2) is 0 Å². The zero-order valence-electron chi connectivity index (χ0n) is 13.5. The van der Waals surface area contributed by atoms with Crippen LogP contribution in [0, 0.1) is 6.92 Å². The van der Waals surface area contributed by atoms with Crippen LogP contribution in [0.3, 0.4) is 0 Å². The van der Waals surface area contributed by atoms with Gasteiger partial charge in [-0.15, -0.1) is 12.4 Å². The SMILES string of the molecule is Cc1ccc(CNC(Cc2c[nH]c3ccccc23)C(=O)O)cc1.Cl. The van der Waals surface area contributed by atoms with Crippen molar-refractivity contribution in [3.8, 4) is 0 Å². The van der Waals surface area contributed by atoms with Crippen LogP contribution in [0.5, 0.6) is 0 Å². The summed E-state index contributed by atoms with van der Waals surface area (Å²) < 4.78 is 0. The lowest BCUT2D eigenvalue weighted by Gasteiger charge is -2.14. The summed E-state index contributed by atoms with van der Waals surface area (Å²) in [5.74, 6) is -0.831. The molecule has 0 aliphatic rings. The maximum Gasteiger partial charge on any atom is 0.321 e. The molecular weight excluding hydrogens is 324 g/mol. The van der Waals surface area contributed by atoms with Crippen LogP contribution < -0.4 is 5.32 Å². The van der Waals surface area contributed by atoms with Crippen molar-refractivity contribution in [2.45, 2.75) is 25.9 Å². The number of para-hydroxylation sites is 1. The molecule has 24 heavy (non-hydrogen) atoms. The third-order valence-corrected chi connectivity index (χ3v) is 4.07. The Kier molecular flexibility index (Phi) is 6.01. The highest BCUT2D eigenvalue weighted by Gasteiger charge is 2.19. The average Bonchev–Trinajstić information content (AvgIpc) is 2.96. The number of H-pyrrole nitrogens is 1. The van der Waals surface area contributed by atoms with Gasteiger partial charge in [0.1, 0.15) is 6.04 Å². The predicted octanol–water partition coefficient (Wildman–Crippen LogP) is 3.68. The fourth-order valence-corrected chi connectivity index (χ4v) is 2.71. The van der Waals surface area contributed by atoms with Crippen LogP contribution in [0.25, 0.3) is 10.9 Å². The summed E-state index contributed by atoms with van der Waals surface area (Å²) in [5, 5.41) is 13.7. The highest BCUT2D eigenvalue weighted by molar-refractivity contribution is 5.85. The molecule has 2 aromatic carbocycles. The average molecular weight is 345 g/mol. The molecule has 0 aliphatic carbocycles. The molecule has 3 N–H and O–H groups in total. The minimum Gasteiger partial charge on any atom is -0.480 e. The quantitative estimate of drug-likeness (QED) is 0.639. The van der Waals surface area contributed by atoms with Gasteiger partial charge in [0.2, 0.25) is 0 Å². The molecule has 1 heterocycles. The van der Waals surface area contributed by atoms with Crippen molar-refractivity contribution in [3.05, 3.63) is 71.4 Å². The van der Waals surface area contributed by atoms with Gasteiger partial charge in [-0.3, -0.25) is 4.79 Å². The van der Waals surface area contributed by atoms with Gasteiger partial charge >= 0.3 is 5.97 Å². The molecule has 1 unspecified atom stereocenters. The van der Waals surface area contributed by atoms with Gasteiger partial charge in [0, 0.05) is 30.1 Å². The minimum absolute atomic E-state index is 0. The molecule has 0 saturated carbocycles. The van der Waals surface area contributed by atoms with E-state index in [9.17, 15) is 9.90 Å². The molecule has 0 radical (unpaired) electrons. The van der Waals surface area contributed by atoms with Crippen LogP contribution in [-0.2, 0) is 17.8 Å². The highest BCUT2D eigenvalue weighted by atomic mass is 35.5. The van der Waals surface area contributed by atoms with Gasteiger partial charge in [-0.1, -0.05) is 48.0 Å². The van der Waals surface area contributed by atoms with E-state index in [1.54, 1.807) is 0 Å². The van der Waals surface area contributed by atoms with Crippen LogP contribution in [0.4, 0.5) is 0 Å². The molecule has 0 amide bonds. The Bertz CT molecular complexity index is 812. The second-order valence-corrected chi connectivity index (χ2v) is 5.82. The summed E-state index contributed by atoms with van der Waals surface area (Å²) >= 11 is 0. The van der Waals surface area contributed by atoms with Crippen molar-refractivity contribution in [3.63, 3.8) is 0 Å². The number of benzene rings is 2. The van der Waals surface area contributed by atoms with Crippen LogP contribution >= 0.6 is 12.4 Å². The molecule has 126 valence electrons. The maximum atomic E-state index is 11.6. The van der Waals surface area contributed by atoms with E-state index in [4.69, 9.17) is 0 Å². The number of carboxylic acids is 1. The first-order valence-electron chi connectivity index (χ1n) is 7.70. The van der Waals surface area contributed by atoms with Gasteiger partial charge in [-0.05, 0) is 24.1 Å². The number of nitrogens with one attached hydrogen (secondary N) is 2. The van der Waals surface area contributed by atoms with E-state index in [1.807, 2.05) is 61.7 Å². The number of fused-ring (bicyclic) bond motifs is 1. The Balaban J connectivity index is 0.00000208. The van der Waals surface area contributed by atoms with E-state index in [1.165, 1.54) is 5.56 Å². The Hall–Kier alpha value is -2.30. The first-order valence-corrected chi connectivity index (χ1v) is 7.70. The molecule has 0 fully saturated rings. The summed E-state index contributed by atoms with van der Waals surface area (Å²) in [6.07, 6.45) is 2.35. The van der Waals surface area contributed by atoms with Crippen molar-refractivity contribution >= 4 is 29.3 Å². The molecule has 0 bridgehead atoms. The van der Waals surface area contributed by atoms with Gasteiger partial charge in [-0.25, -0.2) is 0 Å². The van der Waals surface area contributed by atoms with E-state index in [0.717, 1.165) is 22.0 Å². The van der Waals surface area contributed by atoms with Crippen molar-refractivity contribution < 1.29 is 9.90 Å². The second-order valence-electron chi connectivity index (χ2n) is 5.82. The molecule has 0 spiro atoms. The first kappa shape index (κ1) is 18.0. The lowest BCUT2D eigenvalue weighted by Crippen LogP contribution is -2.38.